The molecule has 4 nitrogen and oxygen atoms in total. The van der Waals surface area contributed by atoms with E-state index in [1.807, 2.05) is 21.6 Å². The lowest BCUT2D eigenvalue weighted by molar-refractivity contribution is 0.153. The van der Waals surface area contributed by atoms with Gasteiger partial charge in [0.15, 0.2) is 0 Å². The molecule has 7 heteroatoms. The Morgan fingerprint density at radius 1 is 1.06 bits per heavy atom. The largest absolute Gasteiger partial charge is 0.472 e. The Kier molecular flexibility index (Phi) is 13.4. The Balaban J connectivity index is 3.18. The molecule has 1 N–H and O–H groups in total. The van der Waals surface area contributed by atoms with Crippen LogP contribution in [0.1, 0.15) is 45.4 Å². The van der Waals surface area contributed by atoms with Crippen molar-refractivity contribution in [3.8, 4) is 0 Å². The lowest BCUT2D eigenvalue weighted by Gasteiger charge is -2.10. The van der Waals surface area contributed by atoms with E-state index in [2.05, 4.69) is 10.8 Å². The molecule has 0 aliphatic heterocycles. The zero-order chi connectivity index (χ0) is 13.7. The third kappa shape index (κ3) is 13.2. The number of hydrogen-bond donors (Lipinski definition) is 1. The standard InChI is InChI=1S/C11H25O4PS2/c1-3-14-16(12,13)15-10-8-6-4-5-7-9-11-18-17-2/h3-11H2,1-2H3,(H,12,13). The molecule has 0 saturated heterocycles. The molecule has 0 spiro atoms. The van der Waals surface area contributed by atoms with Crippen LogP contribution in [0.25, 0.3) is 0 Å². The zero-order valence-corrected chi connectivity index (χ0v) is 13.8. The van der Waals surface area contributed by atoms with Gasteiger partial charge in [0.05, 0.1) is 13.2 Å². The molecular weight excluding hydrogens is 291 g/mol. The second kappa shape index (κ2) is 12.8. The molecule has 0 bridgehead atoms. The molecule has 0 aromatic rings. The van der Waals surface area contributed by atoms with Crippen LogP contribution in [0, 0.1) is 0 Å². The summed E-state index contributed by atoms with van der Waals surface area (Å²) in [6.07, 6.45) is 8.91. The highest BCUT2D eigenvalue weighted by atomic mass is 33.1. The Morgan fingerprint density at radius 2 is 1.67 bits per heavy atom. The van der Waals surface area contributed by atoms with E-state index in [-0.39, 0.29) is 6.61 Å². The molecule has 0 rings (SSSR count). The van der Waals surface area contributed by atoms with Gasteiger partial charge in [0.25, 0.3) is 0 Å². The van der Waals surface area contributed by atoms with Crippen molar-refractivity contribution in [1.29, 1.82) is 0 Å². The minimum Gasteiger partial charge on any atom is -0.302 e. The second-order valence-electron chi connectivity index (χ2n) is 3.83. The van der Waals surface area contributed by atoms with Gasteiger partial charge >= 0.3 is 7.82 Å². The third-order valence-corrected chi connectivity index (χ3v) is 5.28. The average molecular weight is 316 g/mol. The number of phosphoric ester groups is 1. The van der Waals surface area contributed by atoms with Crippen LogP contribution in [0.2, 0.25) is 0 Å². The molecule has 110 valence electrons. The summed E-state index contributed by atoms with van der Waals surface area (Å²) >= 11 is 0. The Bertz CT molecular complexity index is 229. The van der Waals surface area contributed by atoms with Gasteiger partial charge in [-0.2, -0.15) is 0 Å². The van der Waals surface area contributed by atoms with Crippen molar-refractivity contribution < 1.29 is 18.5 Å². The van der Waals surface area contributed by atoms with Crippen LogP contribution in [-0.2, 0) is 13.6 Å². The molecule has 0 fully saturated rings. The lowest BCUT2D eigenvalue weighted by Crippen LogP contribution is -1.96. The molecule has 0 aromatic carbocycles. The molecule has 18 heavy (non-hydrogen) atoms. The molecule has 0 amide bonds. The van der Waals surface area contributed by atoms with Gasteiger partial charge in [-0.3, -0.25) is 9.05 Å². The minimum absolute atomic E-state index is 0.196. The molecule has 1 atom stereocenters. The van der Waals surface area contributed by atoms with Crippen molar-refractivity contribution in [3.63, 3.8) is 0 Å². The van der Waals surface area contributed by atoms with Crippen LogP contribution < -0.4 is 0 Å². The summed E-state index contributed by atoms with van der Waals surface area (Å²) in [5, 5.41) is 0. The molecular formula is C11H25O4PS2. The van der Waals surface area contributed by atoms with Crippen LogP contribution in [-0.4, -0.2) is 30.1 Å². The predicted octanol–water partition coefficient (Wildman–Crippen LogP) is 4.49. The van der Waals surface area contributed by atoms with Crippen LogP contribution in [0.5, 0.6) is 0 Å². The van der Waals surface area contributed by atoms with Crippen molar-refractivity contribution in [1.82, 2.24) is 0 Å². The summed E-state index contributed by atoms with van der Waals surface area (Å²) in [5.41, 5.74) is 0. The zero-order valence-electron chi connectivity index (χ0n) is 11.3. The monoisotopic (exact) mass is 316 g/mol. The summed E-state index contributed by atoms with van der Waals surface area (Å²) in [6.45, 7) is 2.17. The van der Waals surface area contributed by atoms with Crippen LogP contribution >= 0.6 is 29.4 Å². The minimum atomic E-state index is -3.77. The van der Waals surface area contributed by atoms with Gasteiger partial charge in [-0.25, -0.2) is 4.57 Å². The molecule has 0 aliphatic rings. The Hall–Kier alpha value is 0.810. The summed E-state index contributed by atoms with van der Waals surface area (Å²) in [6, 6.07) is 0. The molecule has 0 aliphatic carbocycles. The van der Waals surface area contributed by atoms with Crippen LogP contribution in [0.15, 0.2) is 0 Å². The first-order chi connectivity index (χ1) is 8.62. The SMILES string of the molecule is CCOP(=O)(O)OCCCCCCCCSSC. The van der Waals surface area contributed by atoms with Crippen LogP contribution in [0.3, 0.4) is 0 Å². The van der Waals surface area contributed by atoms with Crippen molar-refractivity contribution in [2.75, 3.05) is 25.2 Å². The topological polar surface area (TPSA) is 55.8 Å². The fraction of sp³-hybridized carbons (Fsp3) is 1.00. The van der Waals surface area contributed by atoms with E-state index in [1.165, 1.54) is 25.0 Å². The van der Waals surface area contributed by atoms with Crippen molar-refractivity contribution >= 4 is 29.4 Å². The van der Waals surface area contributed by atoms with Gasteiger partial charge in [-0.1, -0.05) is 47.3 Å². The summed E-state index contributed by atoms with van der Waals surface area (Å²) < 4.78 is 20.6. The van der Waals surface area contributed by atoms with E-state index in [1.54, 1.807) is 6.92 Å². The molecule has 0 saturated carbocycles. The Labute approximate surface area is 119 Å². The maximum atomic E-state index is 11.2. The summed E-state index contributed by atoms with van der Waals surface area (Å²) in [4.78, 5) is 9.14. The molecule has 0 radical (unpaired) electrons. The van der Waals surface area contributed by atoms with Crippen molar-refractivity contribution in [2.24, 2.45) is 0 Å². The van der Waals surface area contributed by atoms with Crippen LogP contribution in [0.4, 0.5) is 0 Å². The number of rotatable bonds is 13. The smallest absolute Gasteiger partial charge is 0.302 e. The lowest BCUT2D eigenvalue weighted by atomic mass is 10.1. The average Bonchev–Trinajstić information content (AvgIpc) is 2.31. The summed E-state index contributed by atoms with van der Waals surface area (Å²) in [5.74, 6) is 1.23. The van der Waals surface area contributed by atoms with E-state index in [0.29, 0.717) is 6.61 Å². The predicted molar refractivity (Wildman–Crippen MR) is 81.1 cm³/mol. The Morgan fingerprint density at radius 3 is 2.28 bits per heavy atom. The third-order valence-electron chi connectivity index (χ3n) is 2.29. The first-order valence-electron chi connectivity index (χ1n) is 6.40. The van der Waals surface area contributed by atoms with Gasteiger partial charge in [0.1, 0.15) is 0 Å². The highest BCUT2D eigenvalue weighted by Crippen LogP contribution is 2.42. The van der Waals surface area contributed by atoms with Crippen molar-refractivity contribution in [3.05, 3.63) is 0 Å². The number of phosphoric acid groups is 1. The van der Waals surface area contributed by atoms with Gasteiger partial charge in [-0.05, 0) is 26.0 Å². The van der Waals surface area contributed by atoms with E-state index >= 15 is 0 Å². The second-order valence-corrected chi connectivity index (χ2v) is 7.97. The van der Waals surface area contributed by atoms with Gasteiger partial charge < -0.3 is 4.89 Å². The summed E-state index contributed by atoms with van der Waals surface area (Å²) in [7, 11) is -0.0395. The molecule has 1 unspecified atom stereocenters. The van der Waals surface area contributed by atoms with E-state index in [4.69, 9.17) is 9.42 Å². The maximum Gasteiger partial charge on any atom is 0.472 e. The first kappa shape index (κ1) is 18.8. The van der Waals surface area contributed by atoms with E-state index in [0.717, 1.165) is 19.3 Å². The quantitative estimate of drug-likeness (QED) is 0.307. The van der Waals surface area contributed by atoms with Gasteiger partial charge in [-0.15, -0.1) is 0 Å². The van der Waals surface area contributed by atoms with Gasteiger partial charge in [0.2, 0.25) is 0 Å². The fourth-order valence-electron chi connectivity index (χ4n) is 1.43. The van der Waals surface area contributed by atoms with Gasteiger partial charge in [0, 0.05) is 5.75 Å². The van der Waals surface area contributed by atoms with E-state index < -0.39 is 7.82 Å². The number of unbranched alkanes of at least 4 members (excludes halogenated alkanes) is 5. The van der Waals surface area contributed by atoms with E-state index in [9.17, 15) is 4.57 Å². The van der Waals surface area contributed by atoms with Crippen molar-refractivity contribution in [2.45, 2.75) is 45.4 Å². The first-order valence-corrected chi connectivity index (χ1v) is 10.6. The highest BCUT2D eigenvalue weighted by molar-refractivity contribution is 8.76. The molecule has 0 heterocycles. The fourth-order valence-corrected chi connectivity index (χ4v) is 3.54. The maximum absolute atomic E-state index is 11.2. The normalized spacial score (nSPS) is 14.6. The highest BCUT2D eigenvalue weighted by Gasteiger charge is 2.18. The number of hydrogen-bond acceptors (Lipinski definition) is 5. The molecule has 0 aromatic heterocycles.